The number of nitrogens with two attached hydrogens (primary N) is 1. The Morgan fingerprint density at radius 1 is 1.22 bits per heavy atom. The fraction of sp³-hybridized carbons (Fsp3) is 0.455. The van der Waals surface area contributed by atoms with Gasteiger partial charge in [0, 0.05) is 17.5 Å². The van der Waals surface area contributed by atoms with Gasteiger partial charge in [0.25, 0.3) is 0 Å². The summed E-state index contributed by atoms with van der Waals surface area (Å²) >= 11 is 0. The average Bonchev–Trinajstić information content (AvgIpc) is 2.14. The van der Waals surface area contributed by atoms with Crippen LogP contribution in [0.3, 0.4) is 0 Å². The van der Waals surface area contributed by atoms with Gasteiger partial charge in [-0.25, -0.2) is 8.78 Å². The van der Waals surface area contributed by atoms with Crippen LogP contribution in [0.2, 0.25) is 0 Å². The summed E-state index contributed by atoms with van der Waals surface area (Å²) < 4.78 is 63.4. The third kappa shape index (κ3) is 3.17. The SMILES string of the molecule is CC(N)(CC(O)C(F)(F)F)c1c(F)cccc1F. The van der Waals surface area contributed by atoms with Crippen LogP contribution < -0.4 is 5.73 Å². The largest absolute Gasteiger partial charge is 0.414 e. The first-order chi connectivity index (χ1) is 8.05. The van der Waals surface area contributed by atoms with E-state index in [0.29, 0.717) is 0 Å². The number of hydrogen-bond acceptors (Lipinski definition) is 2. The minimum absolute atomic E-state index is 0.673. The molecule has 0 aliphatic heterocycles. The van der Waals surface area contributed by atoms with E-state index < -0.39 is 41.4 Å². The number of benzene rings is 1. The van der Waals surface area contributed by atoms with Gasteiger partial charge >= 0.3 is 6.18 Å². The lowest BCUT2D eigenvalue weighted by Gasteiger charge is -2.29. The predicted molar refractivity (Wildman–Crippen MR) is 54.6 cm³/mol. The summed E-state index contributed by atoms with van der Waals surface area (Å²) in [5.74, 6) is -2.09. The lowest BCUT2D eigenvalue weighted by molar-refractivity contribution is -0.209. The van der Waals surface area contributed by atoms with Gasteiger partial charge in [-0.3, -0.25) is 0 Å². The lowest BCUT2D eigenvalue weighted by Crippen LogP contribution is -2.43. The molecule has 2 atom stereocenters. The van der Waals surface area contributed by atoms with Crippen LogP contribution in [-0.2, 0) is 5.54 Å². The molecule has 0 heterocycles. The number of rotatable bonds is 3. The van der Waals surface area contributed by atoms with Crippen molar-refractivity contribution in [3.8, 4) is 0 Å². The first-order valence-corrected chi connectivity index (χ1v) is 5.04. The molecule has 0 saturated heterocycles. The molecular weight excluding hydrogens is 257 g/mol. The van der Waals surface area contributed by atoms with Crippen molar-refractivity contribution in [3.05, 3.63) is 35.4 Å². The van der Waals surface area contributed by atoms with Gasteiger partial charge in [-0.05, 0) is 19.1 Å². The second-order valence-corrected chi connectivity index (χ2v) is 4.28. The maximum absolute atomic E-state index is 13.4. The third-order valence-corrected chi connectivity index (χ3v) is 2.53. The highest BCUT2D eigenvalue weighted by molar-refractivity contribution is 5.27. The van der Waals surface area contributed by atoms with Gasteiger partial charge in [0.15, 0.2) is 6.10 Å². The smallest absolute Gasteiger partial charge is 0.384 e. The highest BCUT2D eigenvalue weighted by Crippen LogP contribution is 2.33. The maximum Gasteiger partial charge on any atom is 0.414 e. The van der Waals surface area contributed by atoms with Gasteiger partial charge in [0.1, 0.15) is 11.6 Å². The van der Waals surface area contributed by atoms with Crippen LogP contribution in [0.1, 0.15) is 18.9 Å². The summed E-state index contributed by atoms with van der Waals surface area (Å²) in [6.07, 6.45) is -8.66. The monoisotopic (exact) mass is 269 g/mol. The van der Waals surface area contributed by atoms with Crippen LogP contribution in [0.15, 0.2) is 18.2 Å². The van der Waals surface area contributed by atoms with Crippen molar-refractivity contribution in [2.24, 2.45) is 5.73 Å². The Morgan fingerprint density at radius 2 is 1.67 bits per heavy atom. The van der Waals surface area contributed by atoms with Gasteiger partial charge in [0.05, 0.1) is 0 Å². The molecule has 0 radical (unpaired) electrons. The highest BCUT2D eigenvalue weighted by atomic mass is 19.4. The second kappa shape index (κ2) is 4.81. The first kappa shape index (κ1) is 14.8. The van der Waals surface area contributed by atoms with Gasteiger partial charge in [-0.15, -0.1) is 0 Å². The molecule has 0 aliphatic rings. The molecule has 0 spiro atoms. The van der Waals surface area contributed by atoms with Crippen LogP contribution in [0.4, 0.5) is 22.0 Å². The molecule has 1 aromatic carbocycles. The molecule has 102 valence electrons. The molecule has 7 heteroatoms. The number of hydrogen-bond donors (Lipinski definition) is 2. The zero-order valence-corrected chi connectivity index (χ0v) is 9.43. The number of aliphatic hydroxyl groups excluding tert-OH is 1. The topological polar surface area (TPSA) is 46.2 Å². The van der Waals surface area contributed by atoms with E-state index in [9.17, 15) is 22.0 Å². The normalized spacial score (nSPS) is 17.3. The fourth-order valence-corrected chi connectivity index (χ4v) is 1.66. The van der Waals surface area contributed by atoms with Crippen molar-refractivity contribution in [2.75, 3.05) is 0 Å². The summed E-state index contributed by atoms with van der Waals surface area (Å²) in [5, 5.41) is 8.91. The van der Waals surface area contributed by atoms with Crippen LogP contribution in [0.25, 0.3) is 0 Å². The van der Waals surface area contributed by atoms with Crippen molar-refractivity contribution in [3.63, 3.8) is 0 Å². The van der Waals surface area contributed by atoms with Crippen molar-refractivity contribution >= 4 is 0 Å². The molecule has 0 amide bonds. The maximum atomic E-state index is 13.4. The Bertz CT molecular complexity index is 410. The van der Waals surface area contributed by atoms with Crippen LogP contribution in [-0.4, -0.2) is 17.4 Å². The number of halogens is 5. The Morgan fingerprint density at radius 3 is 2.06 bits per heavy atom. The second-order valence-electron chi connectivity index (χ2n) is 4.28. The summed E-state index contributed by atoms with van der Waals surface area (Å²) in [7, 11) is 0. The summed E-state index contributed by atoms with van der Waals surface area (Å²) in [4.78, 5) is 0. The average molecular weight is 269 g/mol. The molecule has 1 aromatic rings. The summed E-state index contributed by atoms with van der Waals surface area (Å²) in [6, 6.07) is 2.86. The molecule has 2 nitrogen and oxygen atoms in total. The van der Waals surface area contributed by atoms with Crippen molar-refractivity contribution in [1.82, 2.24) is 0 Å². The minimum Gasteiger partial charge on any atom is -0.384 e. The van der Waals surface area contributed by atoms with E-state index >= 15 is 0 Å². The molecule has 0 fully saturated rings. The van der Waals surface area contributed by atoms with Gasteiger partial charge in [-0.1, -0.05) is 6.07 Å². The van der Waals surface area contributed by atoms with Gasteiger partial charge in [0.2, 0.25) is 0 Å². The lowest BCUT2D eigenvalue weighted by atomic mass is 9.86. The van der Waals surface area contributed by atoms with E-state index in [-0.39, 0.29) is 0 Å². The minimum atomic E-state index is -4.89. The molecule has 0 saturated carbocycles. The van der Waals surface area contributed by atoms with Crippen LogP contribution in [0, 0.1) is 11.6 Å². The number of alkyl halides is 3. The van der Waals surface area contributed by atoms with E-state index in [2.05, 4.69) is 0 Å². The van der Waals surface area contributed by atoms with Crippen LogP contribution >= 0.6 is 0 Å². The zero-order chi connectivity index (χ0) is 14.1. The van der Waals surface area contributed by atoms with Crippen LogP contribution in [0.5, 0.6) is 0 Å². The predicted octanol–water partition coefficient (Wildman–Crippen LogP) is 2.45. The van der Waals surface area contributed by atoms with E-state index in [4.69, 9.17) is 10.8 Å². The quantitative estimate of drug-likeness (QED) is 0.828. The van der Waals surface area contributed by atoms with E-state index in [1.807, 2.05) is 0 Å². The molecule has 0 aliphatic carbocycles. The summed E-state index contributed by atoms with van der Waals surface area (Å²) in [6.45, 7) is 1.03. The van der Waals surface area contributed by atoms with E-state index in [0.717, 1.165) is 25.1 Å². The van der Waals surface area contributed by atoms with E-state index in [1.54, 1.807) is 0 Å². The van der Waals surface area contributed by atoms with Gasteiger partial charge in [-0.2, -0.15) is 13.2 Å². The Balaban J connectivity index is 3.07. The Labute approximate surface area is 100 Å². The molecule has 0 aromatic heterocycles. The molecular formula is C11H12F5NO. The third-order valence-electron chi connectivity index (χ3n) is 2.53. The van der Waals surface area contributed by atoms with Crippen molar-refractivity contribution in [2.45, 2.75) is 31.2 Å². The number of aliphatic hydroxyl groups is 1. The Kier molecular flexibility index (Phi) is 3.97. The molecule has 18 heavy (non-hydrogen) atoms. The van der Waals surface area contributed by atoms with Crippen molar-refractivity contribution < 1.29 is 27.1 Å². The van der Waals surface area contributed by atoms with Gasteiger partial charge < -0.3 is 10.8 Å². The van der Waals surface area contributed by atoms with E-state index in [1.165, 1.54) is 0 Å². The first-order valence-electron chi connectivity index (χ1n) is 5.04. The van der Waals surface area contributed by atoms with Crippen molar-refractivity contribution in [1.29, 1.82) is 0 Å². The Hall–Kier alpha value is -1.21. The zero-order valence-electron chi connectivity index (χ0n) is 9.43. The fourth-order valence-electron chi connectivity index (χ4n) is 1.66. The molecule has 2 unspecified atom stereocenters. The standard InChI is InChI=1S/C11H12F5NO/c1-10(17,5-8(18)11(14,15)16)9-6(12)3-2-4-7(9)13/h2-4,8,18H,5,17H2,1H3. The summed E-state index contributed by atoms with van der Waals surface area (Å²) in [5.41, 5.74) is 2.86. The molecule has 3 N–H and O–H groups in total. The molecule has 0 bridgehead atoms. The molecule has 1 rings (SSSR count). The highest BCUT2D eigenvalue weighted by Gasteiger charge is 2.43.